The van der Waals surface area contributed by atoms with Crippen LogP contribution in [-0.2, 0) is 4.79 Å². The fraction of sp³-hybridized carbons (Fsp3) is 0.333. The van der Waals surface area contributed by atoms with Crippen LogP contribution < -0.4 is 9.47 Å². The van der Waals surface area contributed by atoms with E-state index in [0.717, 1.165) is 6.42 Å². The minimum absolute atomic E-state index is 0.330. The minimum atomic E-state index is -1.14. The van der Waals surface area contributed by atoms with Crippen molar-refractivity contribution in [2.45, 2.75) is 12.8 Å². The van der Waals surface area contributed by atoms with E-state index in [1.54, 1.807) is 12.1 Å². The molecule has 0 spiro atoms. The molecule has 0 amide bonds. The van der Waals surface area contributed by atoms with Crippen molar-refractivity contribution >= 4 is 11.8 Å². The van der Waals surface area contributed by atoms with E-state index < -0.39 is 18.2 Å². The second-order valence-corrected chi connectivity index (χ2v) is 3.71. The largest absolute Gasteiger partial charge is 0.490 e. The molecule has 0 unspecified atom stereocenters. The Morgan fingerprint density at radius 3 is 2.59 bits per heavy atom. The molecule has 5 nitrogen and oxygen atoms in total. The zero-order chi connectivity index (χ0) is 12.3. The molecule has 1 N–H and O–H groups in total. The summed E-state index contributed by atoms with van der Waals surface area (Å²) in [5, 5.41) is 8.55. The van der Waals surface area contributed by atoms with Crippen LogP contribution in [-0.4, -0.2) is 30.1 Å². The third-order valence-corrected chi connectivity index (χ3v) is 2.38. The number of ketones is 1. The van der Waals surface area contributed by atoms with Crippen molar-refractivity contribution < 1.29 is 24.2 Å². The molecular weight excluding hydrogens is 224 g/mol. The lowest BCUT2D eigenvalue weighted by Gasteiger charge is -2.08. The van der Waals surface area contributed by atoms with Crippen molar-refractivity contribution in [2.75, 3.05) is 13.2 Å². The lowest BCUT2D eigenvalue weighted by atomic mass is 10.1. The third kappa shape index (κ3) is 2.75. The van der Waals surface area contributed by atoms with E-state index in [1.165, 1.54) is 6.07 Å². The average Bonchev–Trinajstić information content (AvgIpc) is 2.51. The minimum Gasteiger partial charge on any atom is -0.490 e. The first-order valence-electron chi connectivity index (χ1n) is 5.31. The van der Waals surface area contributed by atoms with Gasteiger partial charge in [0.15, 0.2) is 17.3 Å². The van der Waals surface area contributed by atoms with Gasteiger partial charge < -0.3 is 14.6 Å². The van der Waals surface area contributed by atoms with Crippen molar-refractivity contribution in [1.29, 1.82) is 0 Å². The van der Waals surface area contributed by atoms with Crippen LogP contribution in [0, 0.1) is 0 Å². The quantitative estimate of drug-likeness (QED) is 0.636. The van der Waals surface area contributed by atoms with Crippen molar-refractivity contribution in [3.05, 3.63) is 23.8 Å². The maximum atomic E-state index is 11.5. The highest BCUT2D eigenvalue weighted by atomic mass is 16.5. The Morgan fingerprint density at radius 2 is 1.88 bits per heavy atom. The zero-order valence-corrected chi connectivity index (χ0v) is 9.14. The van der Waals surface area contributed by atoms with Gasteiger partial charge in [-0.05, 0) is 18.2 Å². The highest BCUT2D eigenvalue weighted by molar-refractivity contribution is 6.05. The van der Waals surface area contributed by atoms with Gasteiger partial charge in [0.25, 0.3) is 0 Å². The molecule has 1 heterocycles. The van der Waals surface area contributed by atoms with Crippen molar-refractivity contribution in [3.63, 3.8) is 0 Å². The molecule has 2 rings (SSSR count). The van der Waals surface area contributed by atoms with Gasteiger partial charge in [0.2, 0.25) is 0 Å². The first kappa shape index (κ1) is 11.4. The number of carbonyl (C=O) groups is 2. The molecule has 0 atom stereocenters. The van der Waals surface area contributed by atoms with Gasteiger partial charge in [-0.15, -0.1) is 0 Å². The van der Waals surface area contributed by atoms with Gasteiger partial charge in [-0.1, -0.05) is 0 Å². The summed E-state index contributed by atoms with van der Waals surface area (Å²) in [5.41, 5.74) is 0.330. The number of fused-ring (bicyclic) bond motifs is 1. The highest BCUT2D eigenvalue weighted by Gasteiger charge is 2.15. The van der Waals surface area contributed by atoms with Crippen LogP contribution in [0.3, 0.4) is 0 Å². The van der Waals surface area contributed by atoms with Crippen LogP contribution in [0.4, 0.5) is 0 Å². The Morgan fingerprint density at radius 1 is 1.18 bits per heavy atom. The van der Waals surface area contributed by atoms with Gasteiger partial charge in [-0.2, -0.15) is 0 Å². The normalized spacial score (nSPS) is 13.9. The number of hydrogen-bond donors (Lipinski definition) is 1. The number of carboxylic acids is 1. The van der Waals surface area contributed by atoms with Crippen LogP contribution in [0.1, 0.15) is 23.2 Å². The molecule has 0 fully saturated rings. The summed E-state index contributed by atoms with van der Waals surface area (Å²) in [7, 11) is 0. The van der Waals surface area contributed by atoms with Crippen LogP contribution in [0.5, 0.6) is 11.5 Å². The summed E-state index contributed by atoms with van der Waals surface area (Å²) in [6.45, 7) is 1.11. The van der Waals surface area contributed by atoms with E-state index in [2.05, 4.69) is 0 Å². The smallest absolute Gasteiger partial charge is 0.311 e. The van der Waals surface area contributed by atoms with E-state index in [-0.39, 0.29) is 0 Å². The second-order valence-electron chi connectivity index (χ2n) is 3.71. The maximum Gasteiger partial charge on any atom is 0.311 e. The molecule has 0 bridgehead atoms. The Balaban J connectivity index is 2.23. The summed E-state index contributed by atoms with van der Waals surface area (Å²) in [4.78, 5) is 22.0. The molecule has 5 heteroatoms. The van der Waals surface area contributed by atoms with Crippen LogP contribution >= 0.6 is 0 Å². The maximum absolute atomic E-state index is 11.5. The van der Waals surface area contributed by atoms with Crippen molar-refractivity contribution in [3.8, 4) is 11.5 Å². The number of Topliss-reactive ketones (excluding diaryl/α,β-unsaturated/α-hetero) is 1. The van der Waals surface area contributed by atoms with E-state index in [9.17, 15) is 9.59 Å². The molecule has 0 saturated carbocycles. The van der Waals surface area contributed by atoms with Gasteiger partial charge >= 0.3 is 5.97 Å². The Bertz CT molecular complexity index is 452. The monoisotopic (exact) mass is 236 g/mol. The molecule has 1 aromatic rings. The number of benzene rings is 1. The van der Waals surface area contributed by atoms with Crippen molar-refractivity contribution in [1.82, 2.24) is 0 Å². The Kier molecular flexibility index (Phi) is 3.27. The molecule has 0 aliphatic carbocycles. The van der Waals surface area contributed by atoms with E-state index in [0.29, 0.717) is 30.3 Å². The topological polar surface area (TPSA) is 72.8 Å². The zero-order valence-electron chi connectivity index (χ0n) is 9.14. The fourth-order valence-electron chi connectivity index (χ4n) is 1.58. The molecule has 1 aromatic carbocycles. The van der Waals surface area contributed by atoms with E-state index >= 15 is 0 Å². The van der Waals surface area contributed by atoms with Crippen LogP contribution in [0.2, 0.25) is 0 Å². The highest BCUT2D eigenvalue weighted by Crippen LogP contribution is 2.30. The molecular formula is C12H12O5. The van der Waals surface area contributed by atoms with Crippen molar-refractivity contribution in [2.24, 2.45) is 0 Å². The molecule has 90 valence electrons. The Labute approximate surface area is 98.0 Å². The number of aliphatic carboxylic acids is 1. The summed E-state index contributed by atoms with van der Waals surface area (Å²) in [6.07, 6.45) is 0.271. The van der Waals surface area contributed by atoms with Gasteiger partial charge in [0, 0.05) is 12.0 Å². The standard InChI is InChI=1S/C12H12O5/c13-9(7-12(14)15)8-2-3-10-11(6-8)17-5-1-4-16-10/h2-3,6H,1,4-5,7H2,(H,14,15). The van der Waals surface area contributed by atoms with Gasteiger partial charge in [0.1, 0.15) is 6.42 Å². The summed E-state index contributed by atoms with van der Waals surface area (Å²) >= 11 is 0. The first-order chi connectivity index (χ1) is 8.16. The SMILES string of the molecule is O=C(O)CC(=O)c1ccc2c(c1)OCCCO2. The number of ether oxygens (including phenoxy) is 2. The van der Waals surface area contributed by atoms with E-state index in [4.69, 9.17) is 14.6 Å². The lowest BCUT2D eigenvalue weighted by molar-refractivity contribution is -0.135. The predicted molar refractivity (Wildman–Crippen MR) is 58.6 cm³/mol. The van der Waals surface area contributed by atoms with Crippen LogP contribution in [0.25, 0.3) is 0 Å². The number of rotatable bonds is 3. The summed E-state index contributed by atoms with van der Waals surface area (Å²) < 4.78 is 10.8. The Hall–Kier alpha value is -2.04. The molecule has 0 saturated heterocycles. The second kappa shape index (κ2) is 4.86. The summed E-state index contributed by atoms with van der Waals surface area (Å²) in [5.74, 6) is -0.483. The molecule has 1 aliphatic heterocycles. The average molecular weight is 236 g/mol. The van der Waals surface area contributed by atoms with Gasteiger partial charge in [-0.3, -0.25) is 9.59 Å². The van der Waals surface area contributed by atoms with E-state index in [1.807, 2.05) is 0 Å². The lowest BCUT2D eigenvalue weighted by Crippen LogP contribution is -2.07. The fourth-order valence-corrected chi connectivity index (χ4v) is 1.58. The van der Waals surface area contributed by atoms with Gasteiger partial charge in [0.05, 0.1) is 13.2 Å². The molecule has 1 aliphatic rings. The first-order valence-corrected chi connectivity index (χ1v) is 5.31. The molecule has 17 heavy (non-hydrogen) atoms. The number of carbonyl (C=O) groups excluding carboxylic acids is 1. The summed E-state index contributed by atoms with van der Waals surface area (Å²) in [6, 6.07) is 4.72. The number of carboxylic acid groups (broad SMARTS) is 1. The van der Waals surface area contributed by atoms with Gasteiger partial charge in [-0.25, -0.2) is 0 Å². The number of hydrogen-bond acceptors (Lipinski definition) is 4. The molecule has 0 radical (unpaired) electrons. The third-order valence-electron chi connectivity index (χ3n) is 2.38. The molecule has 0 aromatic heterocycles. The van der Waals surface area contributed by atoms with Crippen LogP contribution in [0.15, 0.2) is 18.2 Å². The predicted octanol–water partition coefficient (Wildman–Crippen LogP) is 1.51.